The molecule has 0 fully saturated rings. The van der Waals surface area contributed by atoms with E-state index in [0.717, 1.165) is 6.07 Å². The average Bonchev–Trinajstić information content (AvgIpc) is 2.42. The number of halogens is 1. The van der Waals surface area contributed by atoms with Crippen LogP contribution in [0.3, 0.4) is 0 Å². The zero-order valence-electron chi connectivity index (χ0n) is 10.2. The second kappa shape index (κ2) is 5.39. The molecule has 4 nitrogen and oxygen atoms in total. The number of carbonyl (C=O) groups excluding carboxylic acids is 1. The van der Waals surface area contributed by atoms with Crippen LogP contribution >= 0.6 is 0 Å². The van der Waals surface area contributed by atoms with Gasteiger partial charge < -0.3 is 15.2 Å². The summed E-state index contributed by atoms with van der Waals surface area (Å²) in [4.78, 5) is 11.6. The van der Waals surface area contributed by atoms with Crippen LogP contribution in [0.4, 0.5) is 10.1 Å². The summed E-state index contributed by atoms with van der Waals surface area (Å²) >= 11 is 0. The maximum atomic E-state index is 13.2. The Hall–Kier alpha value is -2.56. The molecule has 0 aromatic heterocycles. The van der Waals surface area contributed by atoms with Crippen LogP contribution in [0.25, 0.3) is 0 Å². The Morgan fingerprint density at radius 2 is 1.89 bits per heavy atom. The van der Waals surface area contributed by atoms with Crippen LogP contribution in [0.2, 0.25) is 0 Å². The molecular formula is C14H12FNO3. The first-order chi connectivity index (χ1) is 9.11. The van der Waals surface area contributed by atoms with Gasteiger partial charge in [0.1, 0.15) is 22.9 Å². The number of carbonyl (C=O) groups is 1. The number of rotatable bonds is 3. The fraction of sp³-hybridized carbons (Fsp3) is 0.0714. The molecule has 0 aliphatic heterocycles. The largest absolute Gasteiger partial charge is 0.465 e. The lowest BCUT2D eigenvalue weighted by atomic mass is 10.2. The van der Waals surface area contributed by atoms with Crippen LogP contribution in [0.1, 0.15) is 10.4 Å². The smallest absolute Gasteiger partial charge is 0.341 e. The maximum Gasteiger partial charge on any atom is 0.341 e. The highest BCUT2D eigenvalue weighted by Gasteiger charge is 2.15. The lowest BCUT2D eigenvalue weighted by Gasteiger charge is -2.11. The van der Waals surface area contributed by atoms with Gasteiger partial charge in [0.05, 0.1) is 12.8 Å². The first-order valence-electron chi connectivity index (χ1n) is 5.52. The topological polar surface area (TPSA) is 61.5 Å². The number of nitrogens with two attached hydrogens (primary N) is 1. The van der Waals surface area contributed by atoms with Crippen molar-refractivity contribution in [2.24, 2.45) is 0 Å². The van der Waals surface area contributed by atoms with E-state index in [1.165, 1.54) is 19.2 Å². The highest BCUT2D eigenvalue weighted by atomic mass is 19.1. The lowest BCUT2D eigenvalue weighted by Crippen LogP contribution is -2.04. The summed E-state index contributed by atoms with van der Waals surface area (Å²) in [5.41, 5.74) is 6.17. The summed E-state index contributed by atoms with van der Waals surface area (Å²) in [6, 6.07) is 10.4. The van der Waals surface area contributed by atoms with Gasteiger partial charge in [-0.15, -0.1) is 0 Å². The van der Waals surface area contributed by atoms with Crippen LogP contribution in [0.15, 0.2) is 42.5 Å². The monoisotopic (exact) mass is 261 g/mol. The van der Waals surface area contributed by atoms with Gasteiger partial charge in [-0.25, -0.2) is 9.18 Å². The van der Waals surface area contributed by atoms with Crippen molar-refractivity contribution in [1.82, 2.24) is 0 Å². The number of hydrogen-bond donors (Lipinski definition) is 1. The van der Waals surface area contributed by atoms with Gasteiger partial charge >= 0.3 is 5.97 Å². The Bertz CT molecular complexity index is 613. The standard InChI is InChI=1S/C14H12FNO3/c1-18-14(17)10-8-9(15)6-7-12(10)19-13-5-3-2-4-11(13)16/h2-8H,16H2,1H3. The van der Waals surface area contributed by atoms with Gasteiger partial charge in [-0.1, -0.05) is 12.1 Å². The number of hydrogen-bond acceptors (Lipinski definition) is 4. The Kier molecular flexibility index (Phi) is 3.66. The van der Waals surface area contributed by atoms with Crippen LogP contribution in [-0.4, -0.2) is 13.1 Å². The average molecular weight is 261 g/mol. The minimum Gasteiger partial charge on any atom is -0.465 e. The van der Waals surface area contributed by atoms with E-state index in [1.54, 1.807) is 24.3 Å². The third kappa shape index (κ3) is 2.82. The van der Waals surface area contributed by atoms with Gasteiger partial charge in [-0.2, -0.15) is 0 Å². The Labute approximate surface area is 109 Å². The highest BCUT2D eigenvalue weighted by molar-refractivity contribution is 5.92. The minimum absolute atomic E-state index is 0.00533. The van der Waals surface area contributed by atoms with E-state index in [0.29, 0.717) is 11.4 Å². The quantitative estimate of drug-likeness (QED) is 0.681. The number of para-hydroxylation sites is 2. The molecule has 0 aliphatic rings. The second-order valence-electron chi connectivity index (χ2n) is 3.77. The van der Waals surface area contributed by atoms with Crippen LogP contribution in [0, 0.1) is 5.82 Å². The Morgan fingerprint density at radius 3 is 2.58 bits per heavy atom. The molecule has 0 amide bonds. The molecule has 0 bridgehead atoms. The summed E-state index contributed by atoms with van der Waals surface area (Å²) in [7, 11) is 1.22. The molecule has 19 heavy (non-hydrogen) atoms. The highest BCUT2D eigenvalue weighted by Crippen LogP contribution is 2.30. The molecule has 2 N–H and O–H groups in total. The van der Waals surface area contributed by atoms with Gasteiger partial charge in [0.15, 0.2) is 0 Å². The van der Waals surface area contributed by atoms with Crippen molar-refractivity contribution >= 4 is 11.7 Å². The first-order valence-corrected chi connectivity index (χ1v) is 5.52. The summed E-state index contributed by atoms with van der Waals surface area (Å²) in [5.74, 6) is -0.650. The van der Waals surface area contributed by atoms with E-state index in [2.05, 4.69) is 4.74 Å². The Balaban J connectivity index is 2.40. The van der Waals surface area contributed by atoms with Crippen molar-refractivity contribution in [3.8, 4) is 11.5 Å². The fourth-order valence-corrected chi connectivity index (χ4v) is 1.55. The third-order valence-corrected chi connectivity index (χ3v) is 2.49. The van der Waals surface area contributed by atoms with Gasteiger partial charge in [-0.3, -0.25) is 0 Å². The molecule has 2 aromatic carbocycles. The molecule has 0 atom stereocenters. The van der Waals surface area contributed by atoms with Crippen molar-refractivity contribution < 1.29 is 18.7 Å². The summed E-state index contributed by atoms with van der Waals surface area (Å²) in [6.07, 6.45) is 0. The zero-order chi connectivity index (χ0) is 13.8. The molecule has 0 spiro atoms. The van der Waals surface area contributed by atoms with Crippen molar-refractivity contribution in [3.05, 3.63) is 53.8 Å². The van der Waals surface area contributed by atoms with E-state index in [4.69, 9.17) is 10.5 Å². The number of anilines is 1. The molecule has 2 rings (SSSR count). The number of benzene rings is 2. The van der Waals surface area contributed by atoms with Gasteiger partial charge in [0.2, 0.25) is 0 Å². The molecule has 0 unspecified atom stereocenters. The van der Waals surface area contributed by atoms with E-state index < -0.39 is 11.8 Å². The molecular weight excluding hydrogens is 249 g/mol. The van der Waals surface area contributed by atoms with E-state index in [1.807, 2.05) is 0 Å². The van der Waals surface area contributed by atoms with E-state index >= 15 is 0 Å². The molecule has 2 aromatic rings. The molecule has 0 saturated carbocycles. The van der Waals surface area contributed by atoms with Crippen LogP contribution < -0.4 is 10.5 Å². The normalized spacial score (nSPS) is 10.0. The number of methoxy groups -OCH3 is 1. The molecule has 5 heteroatoms. The predicted molar refractivity (Wildman–Crippen MR) is 68.7 cm³/mol. The zero-order valence-corrected chi connectivity index (χ0v) is 10.2. The predicted octanol–water partition coefficient (Wildman–Crippen LogP) is 2.99. The number of esters is 1. The molecule has 0 aliphatic carbocycles. The van der Waals surface area contributed by atoms with Crippen LogP contribution in [0.5, 0.6) is 11.5 Å². The van der Waals surface area contributed by atoms with Gasteiger partial charge in [0, 0.05) is 0 Å². The second-order valence-corrected chi connectivity index (χ2v) is 3.77. The van der Waals surface area contributed by atoms with E-state index in [9.17, 15) is 9.18 Å². The molecule has 0 heterocycles. The number of nitrogen functional groups attached to an aromatic ring is 1. The van der Waals surface area contributed by atoms with Crippen molar-refractivity contribution in [2.75, 3.05) is 12.8 Å². The maximum absolute atomic E-state index is 13.2. The molecule has 0 saturated heterocycles. The number of ether oxygens (including phenoxy) is 2. The molecule has 98 valence electrons. The van der Waals surface area contributed by atoms with Crippen molar-refractivity contribution in [3.63, 3.8) is 0 Å². The summed E-state index contributed by atoms with van der Waals surface area (Å²) in [6.45, 7) is 0. The van der Waals surface area contributed by atoms with Gasteiger partial charge in [-0.05, 0) is 30.3 Å². The minimum atomic E-state index is -0.677. The fourth-order valence-electron chi connectivity index (χ4n) is 1.55. The lowest BCUT2D eigenvalue weighted by molar-refractivity contribution is 0.0597. The van der Waals surface area contributed by atoms with E-state index in [-0.39, 0.29) is 11.3 Å². The van der Waals surface area contributed by atoms with Gasteiger partial charge in [0.25, 0.3) is 0 Å². The van der Waals surface area contributed by atoms with Crippen molar-refractivity contribution in [2.45, 2.75) is 0 Å². The van der Waals surface area contributed by atoms with Crippen molar-refractivity contribution in [1.29, 1.82) is 0 Å². The van der Waals surface area contributed by atoms with Crippen LogP contribution in [-0.2, 0) is 4.74 Å². The summed E-state index contributed by atoms with van der Waals surface area (Å²) < 4.78 is 23.3. The Morgan fingerprint density at radius 1 is 1.16 bits per heavy atom. The SMILES string of the molecule is COC(=O)c1cc(F)ccc1Oc1ccccc1N. The summed E-state index contributed by atoms with van der Waals surface area (Å²) in [5, 5.41) is 0. The first kappa shape index (κ1) is 12.9. The molecule has 0 radical (unpaired) electrons. The third-order valence-electron chi connectivity index (χ3n) is 2.49.